The van der Waals surface area contributed by atoms with Crippen molar-refractivity contribution in [2.24, 2.45) is 0 Å². The van der Waals surface area contributed by atoms with E-state index in [9.17, 15) is 4.79 Å². The second kappa shape index (κ2) is 5.26. The van der Waals surface area contributed by atoms with E-state index in [1.807, 2.05) is 30.3 Å². The van der Waals surface area contributed by atoms with Crippen molar-refractivity contribution in [3.8, 4) is 5.69 Å². The normalized spacial score (nSPS) is 10.7. The van der Waals surface area contributed by atoms with Crippen molar-refractivity contribution in [2.75, 3.05) is 0 Å². The van der Waals surface area contributed by atoms with Gasteiger partial charge in [0.15, 0.2) is 5.82 Å². The summed E-state index contributed by atoms with van der Waals surface area (Å²) in [5.74, 6) is 0.534. The zero-order chi connectivity index (χ0) is 13.9. The average molecular weight is 288 g/mol. The Morgan fingerprint density at radius 3 is 2.60 bits per heavy atom. The molecule has 7 heteroatoms. The van der Waals surface area contributed by atoms with Crippen LogP contribution in [-0.2, 0) is 6.54 Å². The van der Waals surface area contributed by atoms with Gasteiger partial charge in [-0.15, -0.1) is 5.10 Å². The number of para-hydroxylation sites is 1. The van der Waals surface area contributed by atoms with Crippen LogP contribution in [0.15, 0.2) is 53.3 Å². The molecule has 2 aromatic heterocycles. The van der Waals surface area contributed by atoms with E-state index in [0.29, 0.717) is 11.0 Å². The number of nitrogens with zero attached hydrogens (tertiary/aromatic N) is 5. The van der Waals surface area contributed by atoms with Gasteiger partial charge in [0, 0.05) is 6.07 Å². The molecule has 0 saturated heterocycles. The summed E-state index contributed by atoms with van der Waals surface area (Å²) < 4.78 is 2.99. The summed E-state index contributed by atoms with van der Waals surface area (Å²) in [6.45, 7) is 0.209. The fraction of sp³-hybridized carbons (Fsp3) is 0.0769. The quantitative estimate of drug-likeness (QED) is 0.685. The lowest BCUT2D eigenvalue weighted by Crippen LogP contribution is -2.21. The van der Waals surface area contributed by atoms with Gasteiger partial charge in [-0.3, -0.25) is 9.36 Å². The third kappa shape index (κ3) is 2.33. The molecule has 0 aliphatic carbocycles. The van der Waals surface area contributed by atoms with Crippen molar-refractivity contribution >= 4 is 11.6 Å². The SMILES string of the molecule is O=c1cccc(Cl)n1Cc1nnnn1-c1ccccc1. The highest BCUT2D eigenvalue weighted by Gasteiger charge is 2.11. The van der Waals surface area contributed by atoms with Crippen LogP contribution >= 0.6 is 11.6 Å². The van der Waals surface area contributed by atoms with E-state index >= 15 is 0 Å². The summed E-state index contributed by atoms with van der Waals surface area (Å²) >= 11 is 6.03. The molecule has 0 amide bonds. The summed E-state index contributed by atoms with van der Waals surface area (Å²) in [6.07, 6.45) is 0. The van der Waals surface area contributed by atoms with Gasteiger partial charge in [-0.05, 0) is 28.6 Å². The number of tetrazole rings is 1. The lowest BCUT2D eigenvalue weighted by atomic mass is 10.3. The van der Waals surface area contributed by atoms with E-state index in [1.54, 1.807) is 16.8 Å². The molecule has 0 bridgehead atoms. The number of pyridine rings is 1. The Hall–Kier alpha value is -2.47. The fourth-order valence-electron chi connectivity index (χ4n) is 1.86. The minimum atomic E-state index is -0.194. The Morgan fingerprint density at radius 1 is 1.05 bits per heavy atom. The Morgan fingerprint density at radius 2 is 1.85 bits per heavy atom. The second-order valence-corrected chi connectivity index (χ2v) is 4.50. The largest absolute Gasteiger partial charge is 0.291 e. The Labute approximate surface area is 119 Å². The van der Waals surface area contributed by atoms with E-state index in [0.717, 1.165) is 5.69 Å². The van der Waals surface area contributed by atoms with Gasteiger partial charge in [-0.2, -0.15) is 4.68 Å². The molecule has 1 aromatic carbocycles. The van der Waals surface area contributed by atoms with Crippen LogP contribution in [-0.4, -0.2) is 24.8 Å². The van der Waals surface area contributed by atoms with Crippen molar-refractivity contribution in [1.29, 1.82) is 0 Å². The third-order valence-electron chi connectivity index (χ3n) is 2.83. The lowest BCUT2D eigenvalue weighted by molar-refractivity contribution is 0.681. The van der Waals surface area contributed by atoms with E-state index in [-0.39, 0.29) is 12.1 Å². The molecular weight excluding hydrogens is 278 g/mol. The molecule has 0 spiro atoms. The number of aromatic nitrogens is 5. The van der Waals surface area contributed by atoms with Gasteiger partial charge in [0.25, 0.3) is 5.56 Å². The first kappa shape index (κ1) is 12.6. The van der Waals surface area contributed by atoms with Gasteiger partial charge in [0.05, 0.1) is 12.2 Å². The minimum Gasteiger partial charge on any atom is -0.291 e. The summed E-state index contributed by atoms with van der Waals surface area (Å²) in [6, 6.07) is 14.2. The molecule has 100 valence electrons. The van der Waals surface area contributed by atoms with Gasteiger partial charge in [0.2, 0.25) is 0 Å². The minimum absolute atomic E-state index is 0.194. The maximum atomic E-state index is 11.8. The molecule has 2 heterocycles. The predicted molar refractivity (Wildman–Crippen MR) is 74.0 cm³/mol. The standard InChI is InChI=1S/C13H10ClN5O/c14-11-7-4-8-13(20)18(11)9-12-15-16-17-19(12)10-5-2-1-3-6-10/h1-8H,9H2. The van der Waals surface area contributed by atoms with Crippen LogP contribution in [0.3, 0.4) is 0 Å². The monoisotopic (exact) mass is 287 g/mol. The number of benzene rings is 1. The molecule has 3 rings (SSSR count). The van der Waals surface area contributed by atoms with E-state index in [2.05, 4.69) is 15.5 Å². The first-order valence-electron chi connectivity index (χ1n) is 5.94. The highest BCUT2D eigenvalue weighted by atomic mass is 35.5. The van der Waals surface area contributed by atoms with Crippen molar-refractivity contribution in [3.63, 3.8) is 0 Å². The molecule has 6 nitrogen and oxygen atoms in total. The van der Waals surface area contributed by atoms with Crippen molar-refractivity contribution < 1.29 is 0 Å². The average Bonchev–Trinajstić information content (AvgIpc) is 2.92. The number of rotatable bonds is 3. The highest BCUT2D eigenvalue weighted by molar-refractivity contribution is 6.29. The van der Waals surface area contributed by atoms with Crippen molar-refractivity contribution in [3.05, 3.63) is 69.9 Å². The number of hydrogen-bond acceptors (Lipinski definition) is 4. The predicted octanol–water partition coefficient (Wildman–Crippen LogP) is 1.53. The molecule has 0 unspecified atom stereocenters. The molecule has 0 radical (unpaired) electrons. The van der Waals surface area contributed by atoms with E-state index in [1.165, 1.54) is 10.6 Å². The van der Waals surface area contributed by atoms with E-state index in [4.69, 9.17) is 11.6 Å². The Bertz CT molecular complexity index is 781. The molecule has 0 N–H and O–H groups in total. The van der Waals surface area contributed by atoms with Crippen LogP contribution in [0.2, 0.25) is 5.15 Å². The maximum Gasteiger partial charge on any atom is 0.252 e. The zero-order valence-electron chi connectivity index (χ0n) is 10.3. The smallest absolute Gasteiger partial charge is 0.252 e. The maximum absolute atomic E-state index is 11.8. The summed E-state index contributed by atoms with van der Waals surface area (Å²) in [5, 5.41) is 11.9. The molecule has 0 aliphatic heterocycles. The van der Waals surface area contributed by atoms with E-state index < -0.39 is 0 Å². The van der Waals surface area contributed by atoms with Gasteiger partial charge in [0.1, 0.15) is 5.15 Å². The van der Waals surface area contributed by atoms with Gasteiger partial charge >= 0.3 is 0 Å². The zero-order valence-corrected chi connectivity index (χ0v) is 11.1. The van der Waals surface area contributed by atoms with Crippen LogP contribution in [0.4, 0.5) is 0 Å². The van der Waals surface area contributed by atoms with Gasteiger partial charge in [-0.1, -0.05) is 35.9 Å². The number of hydrogen-bond donors (Lipinski definition) is 0. The Balaban J connectivity index is 2.02. The second-order valence-electron chi connectivity index (χ2n) is 4.12. The van der Waals surface area contributed by atoms with Gasteiger partial charge < -0.3 is 0 Å². The summed E-state index contributed by atoms with van der Waals surface area (Å²) in [5.41, 5.74) is 0.632. The first-order chi connectivity index (χ1) is 9.75. The van der Waals surface area contributed by atoms with Crippen LogP contribution in [0, 0.1) is 0 Å². The van der Waals surface area contributed by atoms with Crippen LogP contribution in [0.25, 0.3) is 5.69 Å². The molecule has 20 heavy (non-hydrogen) atoms. The lowest BCUT2D eigenvalue weighted by Gasteiger charge is -2.08. The number of halogens is 1. The topological polar surface area (TPSA) is 65.6 Å². The van der Waals surface area contributed by atoms with Crippen LogP contribution < -0.4 is 5.56 Å². The van der Waals surface area contributed by atoms with Crippen LogP contribution in [0.1, 0.15) is 5.82 Å². The Kier molecular flexibility index (Phi) is 3.30. The van der Waals surface area contributed by atoms with Crippen molar-refractivity contribution in [2.45, 2.75) is 6.54 Å². The molecule has 3 aromatic rings. The molecule has 0 atom stereocenters. The third-order valence-corrected chi connectivity index (χ3v) is 3.16. The first-order valence-corrected chi connectivity index (χ1v) is 6.31. The van der Waals surface area contributed by atoms with Crippen LogP contribution in [0.5, 0.6) is 0 Å². The molecule has 0 fully saturated rings. The molecular formula is C13H10ClN5O. The fourth-order valence-corrected chi connectivity index (χ4v) is 2.08. The summed E-state index contributed by atoms with van der Waals surface area (Å²) in [4.78, 5) is 11.8. The summed E-state index contributed by atoms with van der Waals surface area (Å²) in [7, 11) is 0. The van der Waals surface area contributed by atoms with Gasteiger partial charge in [-0.25, -0.2) is 0 Å². The highest BCUT2D eigenvalue weighted by Crippen LogP contribution is 2.10. The molecule has 0 saturated carbocycles. The molecule has 0 aliphatic rings. The van der Waals surface area contributed by atoms with Crippen molar-refractivity contribution in [1.82, 2.24) is 24.8 Å².